The predicted molar refractivity (Wildman–Crippen MR) is 166 cm³/mol. The van der Waals surface area contributed by atoms with Crippen molar-refractivity contribution in [3.63, 3.8) is 0 Å². The maximum absolute atomic E-state index is 14.1. The van der Waals surface area contributed by atoms with Gasteiger partial charge in [0.25, 0.3) is 10.0 Å². The molecule has 1 atom stereocenters. The fourth-order valence-electron chi connectivity index (χ4n) is 4.39. The summed E-state index contributed by atoms with van der Waals surface area (Å²) in [6.45, 7) is 5.43. The van der Waals surface area contributed by atoms with Gasteiger partial charge in [-0.15, -0.1) is 0 Å². The second-order valence-corrected chi connectivity index (χ2v) is 12.7. The van der Waals surface area contributed by atoms with Crippen LogP contribution in [0.3, 0.4) is 0 Å². The Hall–Kier alpha value is -2.78. The molecule has 0 saturated carbocycles. The number of hydrogen-bond donors (Lipinski definition) is 1. The van der Waals surface area contributed by atoms with E-state index >= 15 is 0 Å². The minimum atomic E-state index is -4.18. The van der Waals surface area contributed by atoms with E-state index in [-0.39, 0.29) is 17.3 Å². The van der Waals surface area contributed by atoms with Gasteiger partial charge < -0.3 is 10.2 Å². The van der Waals surface area contributed by atoms with Crippen LogP contribution in [0, 0.1) is 6.92 Å². The third kappa shape index (κ3) is 8.38. The van der Waals surface area contributed by atoms with E-state index in [0.717, 1.165) is 17.1 Å². The molecule has 0 spiro atoms. The summed E-state index contributed by atoms with van der Waals surface area (Å²) in [5, 5.41) is 4.10. The highest BCUT2D eigenvalue weighted by atomic mass is 35.5. The van der Waals surface area contributed by atoms with Crippen LogP contribution >= 0.6 is 34.8 Å². The van der Waals surface area contributed by atoms with Gasteiger partial charge in [0.05, 0.1) is 10.6 Å². The van der Waals surface area contributed by atoms with Gasteiger partial charge in [0, 0.05) is 28.2 Å². The Kier molecular flexibility index (Phi) is 11.9. The molecule has 0 heterocycles. The van der Waals surface area contributed by atoms with E-state index in [0.29, 0.717) is 44.8 Å². The molecule has 3 rings (SSSR count). The third-order valence-corrected chi connectivity index (χ3v) is 9.20. The monoisotopic (exact) mass is 637 g/mol. The zero-order valence-electron chi connectivity index (χ0n) is 23.2. The Morgan fingerprint density at radius 1 is 0.927 bits per heavy atom. The van der Waals surface area contributed by atoms with Gasteiger partial charge in [0.2, 0.25) is 11.8 Å². The molecule has 1 N–H and O–H groups in total. The molecular weight excluding hydrogens is 605 g/mol. The summed E-state index contributed by atoms with van der Waals surface area (Å²) in [5.74, 6) is -0.887. The number of anilines is 1. The van der Waals surface area contributed by atoms with Crippen molar-refractivity contribution in [2.24, 2.45) is 0 Å². The highest BCUT2D eigenvalue weighted by Crippen LogP contribution is 2.30. The minimum absolute atomic E-state index is 0.0205. The molecule has 3 aromatic rings. The van der Waals surface area contributed by atoms with Crippen molar-refractivity contribution in [1.29, 1.82) is 0 Å². The molecule has 0 aliphatic heterocycles. The molecule has 0 saturated heterocycles. The molecule has 220 valence electrons. The minimum Gasteiger partial charge on any atom is -0.354 e. The number of unbranched alkanes of at least 4 members (excludes halogenated alkanes) is 1. The van der Waals surface area contributed by atoms with Crippen molar-refractivity contribution in [3.8, 4) is 0 Å². The van der Waals surface area contributed by atoms with E-state index in [1.165, 1.54) is 17.0 Å². The van der Waals surface area contributed by atoms with E-state index in [1.54, 1.807) is 68.4 Å². The molecule has 0 aromatic heterocycles. The van der Waals surface area contributed by atoms with Crippen molar-refractivity contribution in [2.75, 3.05) is 17.4 Å². The Morgan fingerprint density at radius 2 is 1.59 bits per heavy atom. The first-order valence-electron chi connectivity index (χ1n) is 13.3. The van der Waals surface area contributed by atoms with Gasteiger partial charge in [-0.3, -0.25) is 13.9 Å². The summed E-state index contributed by atoms with van der Waals surface area (Å²) in [6, 6.07) is 16.7. The topological polar surface area (TPSA) is 86.8 Å². The van der Waals surface area contributed by atoms with Crippen LogP contribution in [0.25, 0.3) is 0 Å². The summed E-state index contributed by atoms with van der Waals surface area (Å²) < 4.78 is 28.9. The fraction of sp³-hybridized carbons (Fsp3) is 0.333. The summed E-state index contributed by atoms with van der Waals surface area (Å²) in [4.78, 5) is 28.8. The molecule has 0 unspecified atom stereocenters. The molecule has 2 amide bonds. The van der Waals surface area contributed by atoms with Gasteiger partial charge in [-0.25, -0.2) is 8.42 Å². The number of carbonyl (C=O) groups excluding carboxylic acids is 2. The molecule has 0 fully saturated rings. The van der Waals surface area contributed by atoms with Crippen LogP contribution in [0.5, 0.6) is 0 Å². The van der Waals surface area contributed by atoms with Gasteiger partial charge in [0.1, 0.15) is 12.6 Å². The molecular formula is C30H34Cl3N3O4S. The van der Waals surface area contributed by atoms with E-state index in [9.17, 15) is 18.0 Å². The first kappa shape index (κ1) is 32.7. The number of halogens is 3. The molecule has 0 aliphatic carbocycles. The van der Waals surface area contributed by atoms with Crippen molar-refractivity contribution in [1.82, 2.24) is 10.2 Å². The van der Waals surface area contributed by atoms with Gasteiger partial charge >= 0.3 is 0 Å². The lowest BCUT2D eigenvalue weighted by molar-refractivity contribution is -0.140. The SMILES string of the molecule is CCCCNC(=O)[C@@H](CC)N(Cc1ccc(Cl)cc1Cl)C(=O)CN(c1ccc(Cl)cc1C)S(=O)(=O)c1ccccc1. The Labute approximate surface area is 257 Å². The van der Waals surface area contributed by atoms with Crippen LogP contribution in [0.2, 0.25) is 15.1 Å². The fourth-order valence-corrected chi connectivity index (χ4v) is 6.59. The number of rotatable bonds is 13. The van der Waals surface area contributed by atoms with Crippen LogP contribution in [0.15, 0.2) is 71.6 Å². The van der Waals surface area contributed by atoms with Crippen LogP contribution in [0.1, 0.15) is 44.2 Å². The largest absolute Gasteiger partial charge is 0.354 e. The van der Waals surface area contributed by atoms with Crippen LogP contribution in [-0.2, 0) is 26.2 Å². The lowest BCUT2D eigenvalue weighted by Crippen LogP contribution is -2.52. The highest BCUT2D eigenvalue weighted by Gasteiger charge is 2.34. The summed E-state index contributed by atoms with van der Waals surface area (Å²) in [6.07, 6.45) is 1.99. The van der Waals surface area contributed by atoms with Gasteiger partial charge in [0.15, 0.2) is 0 Å². The third-order valence-electron chi connectivity index (χ3n) is 6.61. The standard InChI is InChI=1S/C30H34Cl3N3O4S/c1-4-6-16-34-30(38)27(5-2)35(19-22-12-13-24(32)18-26(22)33)29(37)20-36(28-15-14-23(31)17-21(28)3)41(39,40)25-10-8-7-9-11-25/h7-15,17-18,27H,4-6,16,19-20H2,1-3H3,(H,34,38)/t27-/m1/s1. The Morgan fingerprint density at radius 3 is 2.20 bits per heavy atom. The summed E-state index contributed by atoms with van der Waals surface area (Å²) >= 11 is 18.7. The maximum atomic E-state index is 14.1. The first-order valence-corrected chi connectivity index (χ1v) is 15.9. The summed E-state index contributed by atoms with van der Waals surface area (Å²) in [5.41, 5.74) is 1.45. The lowest BCUT2D eigenvalue weighted by Gasteiger charge is -2.33. The first-order chi connectivity index (χ1) is 19.5. The molecule has 41 heavy (non-hydrogen) atoms. The number of carbonyl (C=O) groups is 2. The lowest BCUT2D eigenvalue weighted by atomic mass is 10.1. The molecule has 0 aliphatic rings. The van der Waals surface area contributed by atoms with Gasteiger partial charge in [-0.1, -0.05) is 79.3 Å². The van der Waals surface area contributed by atoms with Crippen LogP contribution in [-0.4, -0.2) is 44.3 Å². The number of sulfonamides is 1. The smallest absolute Gasteiger partial charge is 0.264 e. The molecule has 11 heteroatoms. The van der Waals surface area contributed by atoms with E-state index in [1.807, 2.05) is 6.92 Å². The van der Waals surface area contributed by atoms with E-state index < -0.39 is 28.5 Å². The average Bonchev–Trinajstić information content (AvgIpc) is 2.93. The zero-order chi connectivity index (χ0) is 30.2. The Balaban J connectivity index is 2.08. The summed E-state index contributed by atoms with van der Waals surface area (Å²) in [7, 11) is -4.18. The quantitative estimate of drug-likeness (QED) is 0.207. The second-order valence-electron chi connectivity index (χ2n) is 9.58. The zero-order valence-corrected chi connectivity index (χ0v) is 26.3. The van der Waals surface area contributed by atoms with Crippen molar-refractivity contribution >= 4 is 62.3 Å². The van der Waals surface area contributed by atoms with E-state index in [2.05, 4.69) is 5.32 Å². The number of hydrogen-bond acceptors (Lipinski definition) is 4. The average molecular weight is 639 g/mol. The van der Waals surface area contributed by atoms with Crippen molar-refractivity contribution < 1.29 is 18.0 Å². The number of aryl methyl sites for hydroxylation is 1. The van der Waals surface area contributed by atoms with Gasteiger partial charge in [-0.05, 0) is 73.4 Å². The van der Waals surface area contributed by atoms with Crippen LogP contribution in [0.4, 0.5) is 5.69 Å². The van der Waals surface area contributed by atoms with Crippen molar-refractivity contribution in [3.05, 3.63) is 92.9 Å². The maximum Gasteiger partial charge on any atom is 0.264 e. The predicted octanol–water partition coefficient (Wildman–Crippen LogP) is 6.87. The highest BCUT2D eigenvalue weighted by molar-refractivity contribution is 7.92. The second kappa shape index (κ2) is 14.9. The number of nitrogens with zero attached hydrogens (tertiary/aromatic N) is 2. The molecule has 0 radical (unpaired) electrons. The Bertz CT molecular complexity index is 1470. The van der Waals surface area contributed by atoms with Gasteiger partial charge in [-0.2, -0.15) is 0 Å². The molecule has 3 aromatic carbocycles. The van der Waals surface area contributed by atoms with Crippen LogP contribution < -0.4 is 9.62 Å². The molecule has 7 nitrogen and oxygen atoms in total. The number of benzene rings is 3. The molecule has 0 bridgehead atoms. The normalized spacial score (nSPS) is 12.0. The number of nitrogens with one attached hydrogen (secondary N) is 1. The number of amides is 2. The van der Waals surface area contributed by atoms with E-state index in [4.69, 9.17) is 34.8 Å². The van der Waals surface area contributed by atoms with Crippen molar-refractivity contribution in [2.45, 2.75) is 57.5 Å².